The van der Waals surface area contributed by atoms with Crippen molar-refractivity contribution < 1.29 is 9.31 Å². The van der Waals surface area contributed by atoms with Crippen LogP contribution in [0.5, 0.6) is 0 Å². The van der Waals surface area contributed by atoms with E-state index in [0.717, 1.165) is 5.46 Å². The van der Waals surface area contributed by atoms with Crippen LogP contribution in [0.3, 0.4) is 0 Å². The van der Waals surface area contributed by atoms with E-state index in [9.17, 15) is 0 Å². The van der Waals surface area contributed by atoms with Gasteiger partial charge in [0.15, 0.2) is 0 Å². The van der Waals surface area contributed by atoms with Gasteiger partial charge in [-0.05, 0) is 71.0 Å². The molecule has 1 aromatic carbocycles. The molecule has 0 radical (unpaired) electrons. The molecular formula is C18H28BNO2. The van der Waals surface area contributed by atoms with Gasteiger partial charge in [-0.2, -0.15) is 0 Å². The normalized spacial score (nSPS) is 30.0. The van der Waals surface area contributed by atoms with E-state index in [2.05, 4.69) is 65.1 Å². The number of hydrogen-bond donors (Lipinski definition) is 1. The van der Waals surface area contributed by atoms with Crippen LogP contribution in [-0.2, 0) is 9.31 Å². The second-order valence-electron chi connectivity index (χ2n) is 7.90. The van der Waals surface area contributed by atoms with Gasteiger partial charge in [0, 0.05) is 12.1 Å². The molecule has 1 aromatic rings. The van der Waals surface area contributed by atoms with Gasteiger partial charge in [0.05, 0.1) is 11.2 Å². The Morgan fingerprint density at radius 3 is 2.23 bits per heavy atom. The van der Waals surface area contributed by atoms with Crippen molar-refractivity contribution in [1.82, 2.24) is 5.32 Å². The molecule has 2 atom stereocenters. The van der Waals surface area contributed by atoms with E-state index >= 15 is 0 Å². The van der Waals surface area contributed by atoms with Crippen LogP contribution < -0.4 is 10.8 Å². The molecule has 2 saturated heterocycles. The second-order valence-corrected chi connectivity index (χ2v) is 7.90. The van der Waals surface area contributed by atoms with E-state index in [1.54, 1.807) is 0 Å². The summed E-state index contributed by atoms with van der Waals surface area (Å²) in [5.74, 6) is 0. The minimum atomic E-state index is -0.285. The van der Waals surface area contributed by atoms with Gasteiger partial charge < -0.3 is 14.6 Å². The second kappa shape index (κ2) is 5.36. The summed E-state index contributed by atoms with van der Waals surface area (Å²) in [4.78, 5) is 0. The van der Waals surface area contributed by atoms with Crippen molar-refractivity contribution in [2.45, 2.75) is 77.7 Å². The first-order valence-electron chi connectivity index (χ1n) is 8.42. The molecule has 2 heterocycles. The average molecular weight is 301 g/mol. The smallest absolute Gasteiger partial charge is 0.399 e. The van der Waals surface area contributed by atoms with Gasteiger partial charge in [0.2, 0.25) is 0 Å². The van der Waals surface area contributed by atoms with Crippen LogP contribution in [0, 0.1) is 6.92 Å². The molecule has 22 heavy (non-hydrogen) atoms. The molecule has 0 amide bonds. The maximum Gasteiger partial charge on any atom is 0.494 e. The Labute approximate surface area is 134 Å². The summed E-state index contributed by atoms with van der Waals surface area (Å²) < 4.78 is 12.3. The Morgan fingerprint density at radius 2 is 1.73 bits per heavy atom. The van der Waals surface area contributed by atoms with Crippen molar-refractivity contribution in [3.8, 4) is 0 Å². The molecule has 0 saturated carbocycles. The zero-order chi connectivity index (χ0) is 16.1. The van der Waals surface area contributed by atoms with E-state index in [4.69, 9.17) is 9.31 Å². The van der Waals surface area contributed by atoms with Crippen LogP contribution in [0.1, 0.15) is 64.6 Å². The van der Waals surface area contributed by atoms with Gasteiger partial charge in [-0.1, -0.05) is 18.2 Å². The Hall–Kier alpha value is -0.835. The highest BCUT2D eigenvalue weighted by Crippen LogP contribution is 2.36. The van der Waals surface area contributed by atoms with Crippen molar-refractivity contribution in [2.24, 2.45) is 0 Å². The van der Waals surface area contributed by atoms with Gasteiger partial charge in [0.25, 0.3) is 0 Å². The van der Waals surface area contributed by atoms with Crippen molar-refractivity contribution >= 4 is 12.6 Å². The number of hydrogen-bond acceptors (Lipinski definition) is 3. The molecule has 0 aliphatic carbocycles. The van der Waals surface area contributed by atoms with E-state index < -0.39 is 0 Å². The van der Waals surface area contributed by atoms with Gasteiger partial charge in [-0.15, -0.1) is 0 Å². The number of rotatable bonds is 2. The fraction of sp³-hybridized carbons (Fsp3) is 0.667. The fourth-order valence-electron chi connectivity index (χ4n) is 3.39. The quantitative estimate of drug-likeness (QED) is 0.852. The number of nitrogens with one attached hydrogen (secondary N) is 1. The van der Waals surface area contributed by atoms with Crippen molar-refractivity contribution in [2.75, 3.05) is 0 Å². The molecule has 2 unspecified atom stereocenters. The molecule has 0 aromatic heterocycles. The van der Waals surface area contributed by atoms with Crippen LogP contribution in [-0.4, -0.2) is 24.4 Å². The lowest BCUT2D eigenvalue weighted by Crippen LogP contribution is -2.41. The maximum atomic E-state index is 6.15. The van der Waals surface area contributed by atoms with Crippen LogP contribution in [0.4, 0.5) is 0 Å². The fourth-order valence-corrected chi connectivity index (χ4v) is 3.39. The molecule has 2 aliphatic rings. The Kier molecular flexibility index (Phi) is 3.91. The summed E-state index contributed by atoms with van der Waals surface area (Å²) in [5, 5.41) is 3.66. The molecule has 0 spiro atoms. The molecule has 3 nitrogen and oxygen atoms in total. The molecule has 2 fully saturated rings. The summed E-state index contributed by atoms with van der Waals surface area (Å²) in [6.07, 6.45) is 2.47. The summed E-state index contributed by atoms with van der Waals surface area (Å²) in [7, 11) is -0.270. The highest BCUT2D eigenvalue weighted by Gasteiger charge is 2.51. The van der Waals surface area contributed by atoms with Gasteiger partial charge in [0.1, 0.15) is 0 Å². The van der Waals surface area contributed by atoms with Gasteiger partial charge in [-0.25, -0.2) is 0 Å². The van der Waals surface area contributed by atoms with E-state index in [1.807, 2.05) is 0 Å². The van der Waals surface area contributed by atoms with Crippen LogP contribution in [0.25, 0.3) is 0 Å². The van der Waals surface area contributed by atoms with E-state index in [0.29, 0.717) is 12.1 Å². The third-order valence-corrected chi connectivity index (χ3v) is 5.57. The highest BCUT2D eigenvalue weighted by atomic mass is 16.7. The van der Waals surface area contributed by atoms with Crippen molar-refractivity contribution in [3.63, 3.8) is 0 Å². The minimum absolute atomic E-state index is 0.270. The minimum Gasteiger partial charge on any atom is -0.399 e. The van der Waals surface area contributed by atoms with Gasteiger partial charge >= 0.3 is 7.12 Å². The van der Waals surface area contributed by atoms with Crippen LogP contribution in [0.15, 0.2) is 18.2 Å². The Balaban J connectivity index is 1.81. The molecule has 2 aliphatic heterocycles. The largest absolute Gasteiger partial charge is 0.494 e. The van der Waals surface area contributed by atoms with E-state index in [1.165, 1.54) is 24.0 Å². The zero-order valence-electron chi connectivity index (χ0n) is 14.7. The molecule has 1 N–H and O–H groups in total. The molecule has 4 heteroatoms. The molecule has 0 bridgehead atoms. The predicted molar refractivity (Wildman–Crippen MR) is 91.5 cm³/mol. The Bertz CT molecular complexity index is 554. The molecule has 3 rings (SSSR count). The monoisotopic (exact) mass is 301 g/mol. The highest BCUT2D eigenvalue weighted by molar-refractivity contribution is 6.62. The third-order valence-electron chi connectivity index (χ3n) is 5.57. The first-order valence-corrected chi connectivity index (χ1v) is 8.42. The summed E-state index contributed by atoms with van der Waals surface area (Å²) in [5.41, 5.74) is 3.27. The van der Waals surface area contributed by atoms with Crippen molar-refractivity contribution in [3.05, 3.63) is 29.3 Å². The first-order chi connectivity index (χ1) is 10.2. The molecular weight excluding hydrogens is 273 g/mol. The Morgan fingerprint density at radius 1 is 1.09 bits per heavy atom. The average Bonchev–Trinajstić information content (AvgIpc) is 2.91. The third kappa shape index (κ3) is 2.73. The SMILES string of the molecule is Cc1cc(B2OC(C)(C)C(C)(C)O2)ccc1C1CCC(C)N1. The summed E-state index contributed by atoms with van der Waals surface area (Å²) in [6, 6.07) is 7.73. The summed E-state index contributed by atoms with van der Waals surface area (Å²) >= 11 is 0. The standard InChI is InChI=1S/C18H28BNO2/c1-12-11-14(19-21-17(3,4)18(5,6)22-19)8-9-15(12)16-10-7-13(2)20-16/h8-9,11,13,16,20H,7,10H2,1-6H3. The van der Waals surface area contributed by atoms with Crippen LogP contribution >= 0.6 is 0 Å². The first kappa shape index (κ1) is 16.0. The lowest BCUT2D eigenvalue weighted by molar-refractivity contribution is 0.00578. The van der Waals surface area contributed by atoms with Crippen molar-refractivity contribution in [1.29, 1.82) is 0 Å². The van der Waals surface area contributed by atoms with Gasteiger partial charge in [-0.3, -0.25) is 0 Å². The lowest BCUT2D eigenvalue weighted by atomic mass is 9.77. The lowest BCUT2D eigenvalue weighted by Gasteiger charge is -2.32. The number of benzene rings is 1. The van der Waals surface area contributed by atoms with Crippen LogP contribution in [0.2, 0.25) is 0 Å². The van der Waals surface area contributed by atoms with E-state index in [-0.39, 0.29) is 18.3 Å². The predicted octanol–water partition coefficient (Wildman–Crippen LogP) is 3.11. The maximum absolute atomic E-state index is 6.15. The molecule has 120 valence electrons. The number of aryl methyl sites for hydroxylation is 1. The zero-order valence-corrected chi connectivity index (χ0v) is 14.7. The topological polar surface area (TPSA) is 30.5 Å². The summed E-state index contributed by atoms with van der Waals surface area (Å²) in [6.45, 7) is 12.8.